The largest absolute Gasteiger partial charge is 0.418 e. The molecule has 8 nitrogen and oxygen atoms in total. The van der Waals surface area contributed by atoms with E-state index in [0.717, 1.165) is 54.6 Å². The Bertz CT molecular complexity index is 1600. The smallest absolute Gasteiger partial charge is 0.381 e. The van der Waals surface area contributed by atoms with Crippen molar-refractivity contribution < 1.29 is 17.9 Å². The number of nitrogens with zero attached hydrogens (tertiary/aromatic N) is 6. The number of fused-ring (bicyclic) bond motifs is 1. The Morgan fingerprint density at radius 3 is 2.66 bits per heavy atom. The van der Waals surface area contributed by atoms with Gasteiger partial charge in [-0.25, -0.2) is 4.79 Å². The average Bonchev–Trinajstić information content (AvgIpc) is 3.47. The van der Waals surface area contributed by atoms with Crippen molar-refractivity contribution in [2.45, 2.75) is 57.3 Å². The lowest BCUT2D eigenvalue weighted by molar-refractivity contribution is -0.136. The van der Waals surface area contributed by atoms with Gasteiger partial charge in [0.05, 0.1) is 22.9 Å². The van der Waals surface area contributed by atoms with Crippen molar-refractivity contribution in [3.05, 3.63) is 82.1 Å². The first kappa shape index (κ1) is 27.7. The molecule has 41 heavy (non-hydrogen) atoms. The van der Waals surface area contributed by atoms with Crippen LogP contribution in [0.15, 0.2) is 53.8 Å². The monoisotopic (exact) mass is 568 g/mol. The van der Waals surface area contributed by atoms with Crippen LogP contribution in [0, 0.1) is 11.8 Å². The number of ether oxygens (including phenoxy) is 1. The molecule has 0 spiro atoms. The van der Waals surface area contributed by atoms with Gasteiger partial charge in [-0.1, -0.05) is 19.1 Å². The number of likely N-dealkylation sites (tertiary alicyclic amines) is 1. The topological polar surface area (TPSA) is 69.6 Å². The van der Waals surface area contributed by atoms with E-state index in [1.54, 1.807) is 25.7 Å². The van der Waals surface area contributed by atoms with Gasteiger partial charge in [-0.15, -0.1) is 10.2 Å². The highest BCUT2D eigenvalue weighted by atomic mass is 19.4. The van der Waals surface area contributed by atoms with Crippen LogP contribution < -0.4 is 5.69 Å². The molecule has 0 bridgehead atoms. The summed E-state index contributed by atoms with van der Waals surface area (Å²) in [5.74, 6) is 1.47. The molecule has 2 fully saturated rings. The summed E-state index contributed by atoms with van der Waals surface area (Å²) in [5, 5.41) is 8.44. The maximum absolute atomic E-state index is 14.3. The molecule has 1 aliphatic heterocycles. The Morgan fingerprint density at radius 2 is 1.98 bits per heavy atom. The molecule has 0 N–H and O–H groups in total. The van der Waals surface area contributed by atoms with Crippen LogP contribution in [-0.4, -0.2) is 54.9 Å². The minimum Gasteiger partial charge on any atom is -0.381 e. The minimum atomic E-state index is -4.60. The second kappa shape index (κ2) is 10.8. The van der Waals surface area contributed by atoms with Crippen molar-refractivity contribution in [2.24, 2.45) is 18.9 Å². The van der Waals surface area contributed by atoms with Crippen LogP contribution in [0.2, 0.25) is 0 Å². The van der Waals surface area contributed by atoms with E-state index in [0.29, 0.717) is 23.7 Å². The van der Waals surface area contributed by atoms with E-state index >= 15 is 0 Å². The average molecular weight is 569 g/mol. The van der Waals surface area contributed by atoms with E-state index in [1.807, 2.05) is 29.8 Å². The van der Waals surface area contributed by atoms with Crippen LogP contribution in [0.25, 0.3) is 11.2 Å². The van der Waals surface area contributed by atoms with Gasteiger partial charge in [-0.3, -0.25) is 13.9 Å². The van der Waals surface area contributed by atoms with Crippen molar-refractivity contribution in [1.29, 1.82) is 0 Å². The van der Waals surface area contributed by atoms with Gasteiger partial charge in [0.25, 0.3) is 0 Å². The van der Waals surface area contributed by atoms with Crippen LogP contribution >= 0.6 is 0 Å². The summed E-state index contributed by atoms with van der Waals surface area (Å²) < 4.78 is 52.7. The zero-order valence-electron chi connectivity index (χ0n) is 23.5. The second-order valence-corrected chi connectivity index (χ2v) is 11.7. The van der Waals surface area contributed by atoms with Gasteiger partial charge in [-0.2, -0.15) is 13.2 Å². The number of aromatic nitrogens is 5. The van der Waals surface area contributed by atoms with E-state index in [9.17, 15) is 18.0 Å². The number of piperidine rings is 1. The van der Waals surface area contributed by atoms with E-state index in [4.69, 9.17) is 4.74 Å². The number of hydrogen-bond donors (Lipinski definition) is 0. The van der Waals surface area contributed by atoms with Crippen molar-refractivity contribution in [3.63, 3.8) is 0 Å². The molecule has 6 rings (SSSR count). The van der Waals surface area contributed by atoms with Gasteiger partial charge < -0.3 is 9.30 Å². The molecule has 0 amide bonds. The normalized spacial score (nSPS) is 22.6. The third kappa shape index (κ3) is 5.32. The fourth-order valence-electron chi connectivity index (χ4n) is 6.58. The van der Waals surface area contributed by atoms with Crippen LogP contribution in [0.4, 0.5) is 13.2 Å². The van der Waals surface area contributed by atoms with Crippen molar-refractivity contribution in [2.75, 3.05) is 20.2 Å². The summed E-state index contributed by atoms with van der Waals surface area (Å²) in [4.78, 5) is 15.8. The number of pyridine rings is 1. The summed E-state index contributed by atoms with van der Waals surface area (Å²) in [7, 11) is 3.60. The molecule has 2 aliphatic rings. The Labute approximate surface area is 236 Å². The van der Waals surface area contributed by atoms with Gasteiger partial charge in [0.2, 0.25) is 0 Å². The number of benzene rings is 1. The van der Waals surface area contributed by atoms with Gasteiger partial charge in [-0.05, 0) is 73.4 Å². The molecular formula is C30H35F3N6O2. The van der Waals surface area contributed by atoms with Gasteiger partial charge >= 0.3 is 11.9 Å². The van der Waals surface area contributed by atoms with E-state index in [1.165, 1.54) is 16.8 Å². The fourth-order valence-corrected chi connectivity index (χ4v) is 6.58. The number of alkyl halides is 3. The molecule has 1 aromatic carbocycles. The quantitative estimate of drug-likeness (QED) is 0.313. The Kier molecular flexibility index (Phi) is 7.27. The van der Waals surface area contributed by atoms with E-state index in [2.05, 4.69) is 22.0 Å². The molecule has 0 radical (unpaired) electrons. The molecule has 1 unspecified atom stereocenters. The number of hydrogen-bond acceptors (Lipinski definition) is 5. The number of halogens is 3. The van der Waals surface area contributed by atoms with Gasteiger partial charge in [0.15, 0.2) is 0 Å². The first-order valence-corrected chi connectivity index (χ1v) is 14.2. The lowest BCUT2D eigenvalue weighted by atomic mass is 9.70. The summed E-state index contributed by atoms with van der Waals surface area (Å²) in [5.41, 5.74) is 0.420. The first-order chi connectivity index (χ1) is 19.6. The number of aryl methyl sites for hydroxylation is 1. The summed E-state index contributed by atoms with van der Waals surface area (Å²) in [6, 6.07) is 8.64. The first-order valence-electron chi connectivity index (χ1n) is 14.2. The van der Waals surface area contributed by atoms with E-state index in [-0.39, 0.29) is 23.5 Å². The highest BCUT2D eigenvalue weighted by molar-refractivity contribution is 5.58. The SMILES string of the molecule is COC1CC(C(c2cccc(-n3cc4c(C(F)(F)F)cc(CN5CCC[C@H](C)C5)cn4c3=O)c2)c2nncn2C)C1. The Morgan fingerprint density at radius 1 is 1.17 bits per heavy atom. The summed E-state index contributed by atoms with van der Waals surface area (Å²) >= 11 is 0. The number of imidazole rings is 1. The zero-order valence-corrected chi connectivity index (χ0v) is 23.5. The maximum Gasteiger partial charge on any atom is 0.418 e. The highest BCUT2D eigenvalue weighted by Gasteiger charge is 2.39. The van der Waals surface area contributed by atoms with Crippen LogP contribution in [0.3, 0.4) is 0 Å². The third-order valence-corrected chi connectivity index (χ3v) is 8.74. The molecule has 11 heteroatoms. The van der Waals surface area contributed by atoms with E-state index < -0.39 is 17.4 Å². The zero-order chi connectivity index (χ0) is 28.9. The fraction of sp³-hybridized carbons (Fsp3) is 0.500. The predicted molar refractivity (Wildman–Crippen MR) is 148 cm³/mol. The molecule has 3 aromatic heterocycles. The lowest BCUT2D eigenvalue weighted by Crippen LogP contribution is -2.35. The molecule has 1 aliphatic carbocycles. The molecule has 4 heterocycles. The minimum absolute atomic E-state index is 0.0918. The summed E-state index contributed by atoms with van der Waals surface area (Å²) in [6.45, 7) is 4.21. The molecule has 1 saturated heterocycles. The Balaban J connectivity index is 1.41. The van der Waals surface area contributed by atoms with Crippen molar-refractivity contribution in [3.8, 4) is 5.69 Å². The van der Waals surface area contributed by atoms with Crippen molar-refractivity contribution in [1.82, 2.24) is 28.6 Å². The van der Waals surface area contributed by atoms with Gasteiger partial charge in [0.1, 0.15) is 12.2 Å². The number of rotatable bonds is 7. The second-order valence-electron chi connectivity index (χ2n) is 11.7. The standard InChI is InChI=1S/C30H35F3N6O2/c1-19-6-5-9-37(14-19)15-20-10-25(30(31,32)33)26-17-38(29(40)39(26)16-20)23-8-4-7-21(11-23)27(22-12-24(13-22)41-3)28-35-34-18-36(28)2/h4,7-8,10-11,16-19,22,24,27H,5-6,9,12-15H2,1-3H3/t19-,22?,24?,27?/m0/s1. The van der Waals surface area contributed by atoms with Crippen LogP contribution in [0.1, 0.15) is 61.0 Å². The lowest BCUT2D eigenvalue weighted by Gasteiger charge is -2.39. The molecule has 2 atom stereocenters. The molecule has 218 valence electrons. The van der Waals surface area contributed by atoms with Crippen LogP contribution in [0.5, 0.6) is 0 Å². The summed E-state index contributed by atoms with van der Waals surface area (Å²) in [6.07, 6.45) is 3.97. The molecular weight excluding hydrogens is 533 g/mol. The Hall–Kier alpha value is -3.44. The molecule has 1 saturated carbocycles. The predicted octanol–water partition coefficient (Wildman–Crippen LogP) is 5.03. The number of methoxy groups -OCH3 is 1. The van der Waals surface area contributed by atoms with Crippen LogP contribution in [-0.2, 0) is 24.5 Å². The van der Waals surface area contributed by atoms with Crippen molar-refractivity contribution >= 4 is 5.52 Å². The maximum atomic E-state index is 14.3. The third-order valence-electron chi connectivity index (χ3n) is 8.74. The molecule has 4 aromatic rings. The van der Waals surface area contributed by atoms with Gasteiger partial charge in [0, 0.05) is 45.6 Å². The highest BCUT2D eigenvalue weighted by Crippen LogP contribution is 2.44.